The summed E-state index contributed by atoms with van der Waals surface area (Å²) in [5.41, 5.74) is 12.7. The summed E-state index contributed by atoms with van der Waals surface area (Å²) in [6, 6.07) is 36.4. The Morgan fingerprint density at radius 1 is 0.490 bits per heavy atom. The van der Waals surface area contributed by atoms with Gasteiger partial charge in [0.15, 0.2) is 0 Å². The van der Waals surface area contributed by atoms with Gasteiger partial charge in [0.05, 0.1) is 11.7 Å². The molecule has 2 nitrogen and oxygen atoms in total. The summed E-state index contributed by atoms with van der Waals surface area (Å²) < 4.78 is 25.6. The molecule has 5 aromatic carbocycles. The van der Waals surface area contributed by atoms with Crippen LogP contribution in [0.15, 0.2) is 103 Å². The van der Waals surface area contributed by atoms with E-state index in [4.69, 9.17) is 4.37 Å². The zero-order chi connectivity index (χ0) is 35.0. The van der Waals surface area contributed by atoms with Crippen molar-refractivity contribution in [3.8, 4) is 44.5 Å². The SMILES string of the molecule is CCCCCCCCC1(CCCCCCCC)c2cc(-c3ccccc3)ccc2-c2ccc(-c3cc(F)c(-c4ccccc4)c4nsnc34)cc21. The fourth-order valence-corrected chi connectivity index (χ4v) is 9.13. The van der Waals surface area contributed by atoms with Gasteiger partial charge in [-0.2, -0.15) is 8.75 Å². The summed E-state index contributed by atoms with van der Waals surface area (Å²) in [7, 11) is 0. The fourth-order valence-electron chi connectivity index (χ4n) is 8.56. The minimum atomic E-state index is -0.252. The largest absolute Gasteiger partial charge is 0.206 e. The smallest absolute Gasteiger partial charge is 0.134 e. The lowest BCUT2D eigenvalue weighted by atomic mass is 9.70. The van der Waals surface area contributed by atoms with E-state index in [0.29, 0.717) is 11.1 Å². The second-order valence-electron chi connectivity index (χ2n) is 14.6. The Hall–Kier alpha value is -4.15. The van der Waals surface area contributed by atoms with Gasteiger partial charge in [0.2, 0.25) is 0 Å². The van der Waals surface area contributed by atoms with E-state index in [1.165, 1.54) is 122 Å². The number of rotatable bonds is 17. The molecule has 0 radical (unpaired) electrons. The predicted octanol–water partition coefficient (Wildman–Crippen LogP) is 14.6. The van der Waals surface area contributed by atoms with E-state index >= 15 is 4.39 Å². The number of aromatic nitrogens is 2. The first-order chi connectivity index (χ1) is 25.1. The Bertz CT molecular complexity index is 2030. The van der Waals surface area contributed by atoms with Crippen molar-refractivity contribution < 1.29 is 4.39 Å². The van der Waals surface area contributed by atoms with Crippen LogP contribution in [0.3, 0.4) is 0 Å². The van der Waals surface area contributed by atoms with Gasteiger partial charge in [0.25, 0.3) is 0 Å². The third-order valence-corrected chi connectivity index (χ3v) is 11.8. The molecule has 4 heteroatoms. The highest BCUT2D eigenvalue weighted by molar-refractivity contribution is 7.00. The van der Waals surface area contributed by atoms with Crippen LogP contribution in [0.4, 0.5) is 4.39 Å². The van der Waals surface area contributed by atoms with Gasteiger partial charge in [0, 0.05) is 16.5 Å². The van der Waals surface area contributed by atoms with Crippen LogP contribution >= 0.6 is 11.7 Å². The molecule has 0 atom stereocenters. The van der Waals surface area contributed by atoms with Crippen molar-refractivity contribution in [3.05, 3.63) is 120 Å². The maximum atomic E-state index is 16.2. The Balaban J connectivity index is 1.34. The molecule has 0 amide bonds. The average Bonchev–Trinajstić information content (AvgIpc) is 3.76. The standard InChI is InChI=1S/C47H51FN2S/c1-3-5-7-9-11-19-29-47(30-20-12-10-8-6-4-2)41-31-36(34-21-15-13-16-22-34)25-27-38(41)39-28-26-37(32-42(39)47)40-33-43(48)44(35-23-17-14-18-24-35)46-45(40)49-51-50-46/h13-18,21-28,31-33H,3-12,19-20,29-30H2,1-2H3. The number of hydrogen-bond acceptors (Lipinski definition) is 3. The lowest BCUT2D eigenvalue weighted by Crippen LogP contribution is -2.25. The third-order valence-electron chi connectivity index (χ3n) is 11.2. The van der Waals surface area contributed by atoms with Crippen LogP contribution in [-0.2, 0) is 5.41 Å². The monoisotopic (exact) mass is 694 g/mol. The van der Waals surface area contributed by atoms with Crippen LogP contribution in [0.2, 0.25) is 0 Å². The fraction of sp³-hybridized carbons (Fsp3) is 0.362. The van der Waals surface area contributed by atoms with Crippen LogP contribution < -0.4 is 0 Å². The summed E-state index contributed by atoms with van der Waals surface area (Å²) in [4.78, 5) is 0. The molecule has 1 aliphatic carbocycles. The van der Waals surface area contributed by atoms with Gasteiger partial charge in [-0.25, -0.2) is 4.39 Å². The van der Waals surface area contributed by atoms with Gasteiger partial charge in [-0.1, -0.05) is 176 Å². The number of nitrogens with zero attached hydrogens (tertiary/aromatic N) is 2. The van der Waals surface area contributed by atoms with E-state index in [1.54, 1.807) is 6.07 Å². The van der Waals surface area contributed by atoms with Crippen molar-refractivity contribution in [2.24, 2.45) is 0 Å². The van der Waals surface area contributed by atoms with Gasteiger partial charge >= 0.3 is 0 Å². The summed E-state index contributed by atoms with van der Waals surface area (Å²) in [6.45, 7) is 4.58. The maximum Gasteiger partial charge on any atom is 0.134 e. The molecule has 1 aromatic heterocycles. The lowest BCUT2D eigenvalue weighted by Gasteiger charge is -2.33. The Morgan fingerprint density at radius 2 is 1.00 bits per heavy atom. The summed E-state index contributed by atoms with van der Waals surface area (Å²) in [5.74, 6) is -0.252. The number of hydrogen-bond donors (Lipinski definition) is 0. The van der Waals surface area contributed by atoms with Crippen molar-refractivity contribution in [1.29, 1.82) is 0 Å². The molecular formula is C47H51FN2S. The number of benzene rings is 5. The van der Waals surface area contributed by atoms with Crippen LogP contribution in [0, 0.1) is 5.82 Å². The quantitative estimate of drug-likeness (QED) is 0.0888. The molecule has 0 bridgehead atoms. The number of halogens is 1. The minimum Gasteiger partial charge on any atom is -0.206 e. The molecule has 0 fully saturated rings. The molecular weight excluding hydrogens is 644 g/mol. The molecule has 0 saturated heterocycles. The van der Waals surface area contributed by atoms with E-state index in [-0.39, 0.29) is 11.2 Å². The summed E-state index contributed by atoms with van der Waals surface area (Å²) >= 11 is 1.17. The second-order valence-corrected chi connectivity index (χ2v) is 15.1. The van der Waals surface area contributed by atoms with Crippen molar-refractivity contribution in [1.82, 2.24) is 8.75 Å². The van der Waals surface area contributed by atoms with E-state index in [1.807, 2.05) is 30.3 Å². The Labute approximate surface area is 308 Å². The predicted molar refractivity (Wildman–Crippen MR) is 216 cm³/mol. The second kappa shape index (κ2) is 16.5. The number of fused-ring (bicyclic) bond motifs is 4. The molecule has 0 aliphatic heterocycles. The molecule has 1 aliphatic rings. The molecule has 0 unspecified atom stereocenters. The van der Waals surface area contributed by atoms with Crippen molar-refractivity contribution in [2.75, 3.05) is 0 Å². The topological polar surface area (TPSA) is 25.8 Å². The molecule has 0 saturated carbocycles. The average molecular weight is 695 g/mol. The van der Waals surface area contributed by atoms with E-state index in [2.05, 4.69) is 85.0 Å². The summed E-state index contributed by atoms with van der Waals surface area (Å²) in [5, 5.41) is 0. The maximum absolute atomic E-state index is 16.2. The van der Waals surface area contributed by atoms with Crippen LogP contribution in [0.1, 0.15) is 115 Å². The molecule has 6 aromatic rings. The minimum absolute atomic E-state index is 0.0943. The van der Waals surface area contributed by atoms with Gasteiger partial charge < -0.3 is 0 Å². The van der Waals surface area contributed by atoms with Crippen molar-refractivity contribution >= 4 is 22.8 Å². The molecule has 51 heavy (non-hydrogen) atoms. The molecule has 7 rings (SSSR count). The zero-order valence-electron chi connectivity index (χ0n) is 30.4. The van der Waals surface area contributed by atoms with Crippen LogP contribution in [0.5, 0.6) is 0 Å². The van der Waals surface area contributed by atoms with E-state index < -0.39 is 0 Å². The first-order valence-electron chi connectivity index (χ1n) is 19.5. The van der Waals surface area contributed by atoms with E-state index in [9.17, 15) is 0 Å². The van der Waals surface area contributed by atoms with Gasteiger partial charge in [-0.15, -0.1) is 0 Å². The Morgan fingerprint density at radius 3 is 1.61 bits per heavy atom. The highest BCUT2D eigenvalue weighted by Gasteiger charge is 2.42. The zero-order valence-corrected chi connectivity index (χ0v) is 31.2. The number of unbranched alkanes of at least 4 members (excludes halogenated alkanes) is 10. The van der Waals surface area contributed by atoms with Gasteiger partial charge in [0.1, 0.15) is 16.9 Å². The summed E-state index contributed by atoms with van der Waals surface area (Å²) in [6.07, 6.45) is 17.6. The van der Waals surface area contributed by atoms with Gasteiger partial charge in [-0.3, -0.25) is 0 Å². The molecule has 262 valence electrons. The molecule has 0 spiro atoms. The van der Waals surface area contributed by atoms with Gasteiger partial charge in [-0.05, 0) is 75.5 Å². The highest BCUT2D eigenvalue weighted by atomic mass is 32.1. The van der Waals surface area contributed by atoms with Crippen LogP contribution in [0.25, 0.3) is 55.5 Å². The Kier molecular flexibility index (Phi) is 11.4. The third kappa shape index (κ3) is 7.31. The first-order valence-corrected chi connectivity index (χ1v) is 20.2. The van der Waals surface area contributed by atoms with E-state index in [0.717, 1.165) is 35.0 Å². The first kappa shape index (κ1) is 35.3. The van der Waals surface area contributed by atoms with Crippen LogP contribution in [-0.4, -0.2) is 8.75 Å². The molecule has 1 heterocycles. The molecule has 0 N–H and O–H groups in total. The van der Waals surface area contributed by atoms with Crippen molar-refractivity contribution in [2.45, 2.75) is 109 Å². The lowest BCUT2D eigenvalue weighted by molar-refractivity contribution is 0.398. The normalized spacial score (nSPS) is 13.1. The highest BCUT2D eigenvalue weighted by Crippen LogP contribution is 2.56. The van der Waals surface area contributed by atoms with Crippen molar-refractivity contribution in [3.63, 3.8) is 0 Å².